The summed E-state index contributed by atoms with van der Waals surface area (Å²) in [5.74, 6) is 2.89. The largest absolute Gasteiger partial charge is 0.357 e. The van der Waals surface area contributed by atoms with Crippen LogP contribution in [0.15, 0.2) is 60.7 Å². The fourth-order valence-electron chi connectivity index (χ4n) is 2.92. The molecule has 0 unspecified atom stereocenters. The summed E-state index contributed by atoms with van der Waals surface area (Å²) in [6.07, 6.45) is 0. The predicted octanol–water partition coefficient (Wildman–Crippen LogP) is 4.23. The van der Waals surface area contributed by atoms with Crippen LogP contribution in [0.3, 0.4) is 0 Å². The minimum Gasteiger partial charge on any atom is -0.357 e. The summed E-state index contributed by atoms with van der Waals surface area (Å²) >= 11 is 5.88. The Hall–Kier alpha value is -3.76. The first-order valence-electron chi connectivity index (χ1n) is 11.9. The predicted molar refractivity (Wildman–Crippen MR) is 164 cm³/mol. The Labute approximate surface area is 240 Å². The van der Waals surface area contributed by atoms with E-state index in [0.717, 1.165) is 11.1 Å². The quantitative estimate of drug-likeness (QED) is 0.250. The van der Waals surface area contributed by atoms with Gasteiger partial charge in [0.25, 0.3) is 0 Å². The third-order valence-electron chi connectivity index (χ3n) is 4.37. The average Bonchev–Trinajstić information content (AvgIpc) is 2.90. The Morgan fingerprint density at radius 1 is 0.590 bits per heavy atom. The van der Waals surface area contributed by atoms with Gasteiger partial charge in [0.15, 0.2) is 11.6 Å². The average molecular weight is 545 g/mol. The van der Waals surface area contributed by atoms with Crippen LogP contribution in [0.2, 0.25) is 5.28 Å². The topological polar surface area (TPSA) is 139 Å². The first kappa shape index (κ1) is 35.2. The summed E-state index contributed by atoms with van der Waals surface area (Å²) in [6, 6.07) is 20.1. The fraction of sp³-hybridized carbons (Fsp3) is 0.308. The highest BCUT2D eigenvalue weighted by molar-refractivity contribution is 6.28. The summed E-state index contributed by atoms with van der Waals surface area (Å²) in [5.41, 5.74) is 6.40. The first-order valence-corrected chi connectivity index (χ1v) is 12.3. The van der Waals surface area contributed by atoms with Crippen molar-refractivity contribution in [3.63, 3.8) is 0 Å². The van der Waals surface area contributed by atoms with Crippen LogP contribution < -0.4 is 21.7 Å². The van der Waals surface area contributed by atoms with Crippen LogP contribution in [0.4, 0.5) is 17.8 Å². The molecule has 202 valence electrons. The van der Waals surface area contributed by atoms with Gasteiger partial charge in [0, 0.05) is 47.1 Å². The van der Waals surface area contributed by atoms with E-state index in [0.29, 0.717) is 29.5 Å². The van der Waals surface area contributed by atoms with Crippen molar-refractivity contribution >= 4 is 46.3 Å². The Morgan fingerprint density at radius 3 is 1.38 bits per heavy atom. The van der Waals surface area contributed by atoms with Gasteiger partial charge in [0.2, 0.25) is 23.1 Å². The number of hydrogen-bond donors (Lipinski definition) is 4. The lowest BCUT2D eigenvalue weighted by Crippen LogP contribution is -2.14. The van der Waals surface area contributed by atoms with Crippen LogP contribution >= 0.6 is 11.6 Å². The summed E-state index contributed by atoms with van der Waals surface area (Å²) in [5, 5.41) is 9.44. The molecule has 0 saturated heterocycles. The first-order chi connectivity index (χ1) is 17.8. The lowest BCUT2D eigenvalue weighted by Gasteiger charge is -2.10. The summed E-state index contributed by atoms with van der Waals surface area (Å²) in [7, 11) is 3.29. The second-order valence-electron chi connectivity index (χ2n) is 8.14. The molecule has 2 heterocycles. The van der Waals surface area contributed by atoms with Crippen LogP contribution in [0.1, 0.15) is 27.7 Å². The molecule has 13 heteroatoms. The summed E-state index contributed by atoms with van der Waals surface area (Å²) in [4.78, 5) is 25.5. The molecule has 6 radical (unpaired) electrons. The van der Waals surface area contributed by atoms with Crippen molar-refractivity contribution in [1.29, 1.82) is 0 Å². The molecule has 0 aliphatic carbocycles. The lowest BCUT2D eigenvalue weighted by molar-refractivity contribution is 0.868. The van der Waals surface area contributed by atoms with Gasteiger partial charge in [-0.15, -0.1) is 0 Å². The fourth-order valence-corrected chi connectivity index (χ4v) is 3.08. The molecule has 0 atom stereocenters. The van der Waals surface area contributed by atoms with Crippen molar-refractivity contribution in [3.8, 4) is 22.8 Å². The molecule has 2 aromatic carbocycles. The molecule has 0 saturated carbocycles. The Morgan fingerprint density at radius 2 is 0.974 bits per heavy atom. The molecule has 4 rings (SSSR count). The highest BCUT2D eigenvalue weighted by atomic mass is 35.5. The van der Waals surface area contributed by atoms with E-state index in [-0.39, 0.29) is 34.2 Å². The minimum atomic E-state index is 0. The molecule has 5 N–H and O–H groups in total. The van der Waals surface area contributed by atoms with Gasteiger partial charge in [-0.05, 0) is 46.3 Å². The molecular formula is C26H35B2ClN10. The number of anilines is 3. The van der Waals surface area contributed by atoms with Crippen LogP contribution in [-0.2, 0) is 0 Å². The Balaban J connectivity index is 0.000000665. The van der Waals surface area contributed by atoms with E-state index in [1.165, 1.54) is 7.05 Å². The molecule has 4 aromatic rings. The number of benzene rings is 2. The van der Waals surface area contributed by atoms with Crippen molar-refractivity contribution in [2.45, 2.75) is 39.8 Å². The monoisotopic (exact) mass is 544 g/mol. The van der Waals surface area contributed by atoms with Gasteiger partial charge < -0.3 is 21.7 Å². The van der Waals surface area contributed by atoms with E-state index in [2.05, 4.69) is 51.6 Å². The minimum absolute atomic E-state index is 0. The maximum atomic E-state index is 5.88. The third kappa shape index (κ3) is 12.1. The van der Waals surface area contributed by atoms with Gasteiger partial charge >= 0.3 is 0 Å². The molecule has 0 amide bonds. The number of nitrogens with zero attached hydrogens (tertiary/aromatic N) is 6. The number of nitrogens with one attached hydrogen (secondary N) is 3. The zero-order valence-corrected chi connectivity index (χ0v) is 24.0. The van der Waals surface area contributed by atoms with Gasteiger partial charge in [-0.25, -0.2) is 0 Å². The van der Waals surface area contributed by atoms with E-state index in [1.54, 1.807) is 7.05 Å². The van der Waals surface area contributed by atoms with E-state index in [9.17, 15) is 0 Å². The van der Waals surface area contributed by atoms with E-state index in [1.807, 2.05) is 88.4 Å². The zero-order chi connectivity index (χ0) is 27.2. The van der Waals surface area contributed by atoms with Gasteiger partial charge in [0.1, 0.15) is 0 Å². The van der Waals surface area contributed by atoms with Crippen molar-refractivity contribution in [2.24, 2.45) is 5.73 Å². The molecule has 0 aliphatic rings. The Bertz CT molecular complexity index is 1220. The van der Waals surface area contributed by atoms with E-state index >= 15 is 0 Å². The number of hydrogen-bond acceptors (Lipinski definition) is 10. The maximum absolute atomic E-state index is 5.88. The third-order valence-corrected chi connectivity index (χ3v) is 4.54. The van der Waals surface area contributed by atoms with Crippen LogP contribution in [-0.4, -0.2) is 72.9 Å². The normalized spacial score (nSPS) is 9.59. The maximum Gasteiger partial charge on any atom is 0.228 e. The molecular weight excluding hydrogens is 509 g/mol. The second kappa shape index (κ2) is 18.5. The molecule has 0 bridgehead atoms. The smallest absolute Gasteiger partial charge is 0.228 e. The van der Waals surface area contributed by atoms with E-state index in [4.69, 9.17) is 11.6 Å². The van der Waals surface area contributed by atoms with Crippen LogP contribution in [0, 0.1) is 0 Å². The highest BCUT2D eigenvalue weighted by Crippen LogP contribution is 2.18. The number of aromatic nitrogens is 6. The van der Waals surface area contributed by atoms with Crippen molar-refractivity contribution < 1.29 is 0 Å². The molecule has 39 heavy (non-hydrogen) atoms. The SMILES string of the molecule is CC(C)Nc1nc(Cl)nc(-c2ccccc2)n1.CN.CNc1nc(NC(C)C)nc(-c2ccccc2)n1.[B].[B]. The molecule has 0 aliphatic heterocycles. The summed E-state index contributed by atoms with van der Waals surface area (Å²) < 4.78 is 0. The second-order valence-corrected chi connectivity index (χ2v) is 8.48. The van der Waals surface area contributed by atoms with Crippen LogP contribution in [0.25, 0.3) is 22.8 Å². The number of rotatable bonds is 7. The molecule has 0 fully saturated rings. The molecule has 0 spiro atoms. The number of halogens is 1. The Kier molecular flexibility index (Phi) is 16.7. The highest BCUT2D eigenvalue weighted by Gasteiger charge is 2.09. The lowest BCUT2D eigenvalue weighted by atomic mass is 10.2. The van der Waals surface area contributed by atoms with E-state index < -0.39 is 0 Å². The number of nitrogens with two attached hydrogens (primary N) is 1. The zero-order valence-electron chi connectivity index (χ0n) is 23.2. The van der Waals surface area contributed by atoms with Gasteiger partial charge in [-0.3, -0.25) is 0 Å². The van der Waals surface area contributed by atoms with Gasteiger partial charge in [0.05, 0.1) is 0 Å². The van der Waals surface area contributed by atoms with Crippen molar-refractivity contribution in [2.75, 3.05) is 30.0 Å². The van der Waals surface area contributed by atoms with Gasteiger partial charge in [-0.1, -0.05) is 60.7 Å². The van der Waals surface area contributed by atoms with Gasteiger partial charge in [-0.2, -0.15) is 29.9 Å². The van der Waals surface area contributed by atoms with Crippen molar-refractivity contribution in [3.05, 3.63) is 65.9 Å². The van der Waals surface area contributed by atoms with Crippen LogP contribution in [0.5, 0.6) is 0 Å². The molecule has 10 nitrogen and oxygen atoms in total. The van der Waals surface area contributed by atoms with Crippen molar-refractivity contribution in [1.82, 2.24) is 29.9 Å². The summed E-state index contributed by atoms with van der Waals surface area (Å²) in [6.45, 7) is 8.12. The standard InChI is InChI=1S/C13H17N5.C12H13ClN4.CH5N.2B/c1-9(2)15-13-17-11(16-12(14-3)18-13)10-7-5-4-6-8-10;1-8(2)14-12-16-10(15-11(13)17-12)9-6-4-3-5-7-9;1-2;;/h4-9H,1-3H3,(H2,14,15,16,17,18);3-8H,1-2H3,(H,14,15,16,17);2H2,1H3;;. The molecule has 2 aromatic heterocycles.